The van der Waals surface area contributed by atoms with Crippen molar-refractivity contribution >= 4 is 17.3 Å². The van der Waals surface area contributed by atoms with Crippen LogP contribution in [0.3, 0.4) is 0 Å². The van der Waals surface area contributed by atoms with Crippen LogP contribution in [0.4, 0.5) is 11.4 Å². The van der Waals surface area contributed by atoms with Crippen molar-refractivity contribution in [3.8, 4) is 5.75 Å². The summed E-state index contributed by atoms with van der Waals surface area (Å²) in [6.07, 6.45) is 2.30. The molecule has 1 fully saturated rings. The van der Waals surface area contributed by atoms with E-state index in [0.29, 0.717) is 29.7 Å². The average Bonchev–Trinajstić information content (AvgIpc) is 2.42. The average molecular weight is 291 g/mol. The number of carbonyl (C=O) groups is 1. The van der Waals surface area contributed by atoms with E-state index < -0.39 is 0 Å². The topological polar surface area (TPSA) is 67.6 Å². The summed E-state index contributed by atoms with van der Waals surface area (Å²) in [5, 5.41) is 2.90. The van der Waals surface area contributed by atoms with Gasteiger partial charge in [-0.1, -0.05) is 6.92 Å². The summed E-state index contributed by atoms with van der Waals surface area (Å²) in [5.41, 5.74) is 6.99. The summed E-state index contributed by atoms with van der Waals surface area (Å²) in [6.45, 7) is 5.84. The van der Waals surface area contributed by atoms with Crippen molar-refractivity contribution in [3.63, 3.8) is 0 Å². The number of methoxy groups -OCH3 is 1. The van der Waals surface area contributed by atoms with Gasteiger partial charge in [0.05, 0.1) is 19.3 Å². The Bertz CT molecular complexity index is 504. The third kappa shape index (κ3) is 4.11. The van der Waals surface area contributed by atoms with Gasteiger partial charge < -0.3 is 15.8 Å². The summed E-state index contributed by atoms with van der Waals surface area (Å²) in [7, 11) is 1.58. The monoisotopic (exact) mass is 291 g/mol. The Morgan fingerprint density at radius 2 is 2.24 bits per heavy atom. The second kappa shape index (κ2) is 6.80. The maximum atomic E-state index is 12.2. The number of rotatable bonds is 4. The van der Waals surface area contributed by atoms with E-state index in [4.69, 9.17) is 10.5 Å². The number of hydrogen-bond donors (Lipinski definition) is 2. The normalized spacial score (nSPS) is 22.8. The summed E-state index contributed by atoms with van der Waals surface area (Å²) < 4.78 is 5.24. The van der Waals surface area contributed by atoms with Crippen LogP contribution >= 0.6 is 0 Å². The van der Waals surface area contributed by atoms with Gasteiger partial charge in [0.2, 0.25) is 5.91 Å². The summed E-state index contributed by atoms with van der Waals surface area (Å²) in [6, 6.07) is 5.68. The molecule has 1 saturated heterocycles. The van der Waals surface area contributed by atoms with Gasteiger partial charge in [0.15, 0.2) is 0 Å². The van der Waals surface area contributed by atoms with Crippen LogP contribution in [-0.2, 0) is 4.79 Å². The first kappa shape index (κ1) is 15.6. The molecular weight excluding hydrogens is 266 g/mol. The molecule has 0 aliphatic carbocycles. The first-order valence-corrected chi connectivity index (χ1v) is 7.47. The number of amides is 1. The largest absolute Gasteiger partial charge is 0.495 e. The second-order valence-electron chi connectivity index (χ2n) is 5.96. The van der Waals surface area contributed by atoms with Crippen molar-refractivity contribution in [3.05, 3.63) is 18.2 Å². The minimum atomic E-state index is -0.0275. The van der Waals surface area contributed by atoms with Crippen molar-refractivity contribution in [2.24, 2.45) is 5.92 Å². The molecule has 0 spiro atoms. The Labute approximate surface area is 126 Å². The number of nitrogen functional groups attached to an aromatic ring is 1. The predicted octanol–water partition coefficient (Wildman–Crippen LogP) is 2.34. The molecule has 5 heteroatoms. The standard InChI is InChI=1S/C16H25N3O2/c1-11-6-7-19(12(2)8-11)10-16(20)18-14-9-13(17)4-5-15(14)21-3/h4-5,9,11-12H,6-8,10,17H2,1-3H3,(H,18,20). The molecule has 1 heterocycles. The molecule has 1 aromatic rings. The van der Waals surface area contributed by atoms with E-state index >= 15 is 0 Å². The highest BCUT2D eigenvalue weighted by Crippen LogP contribution is 2.27. The van der Waals surface area contributed by atoms with Gasteiger partial charge in [0, 0.05) is 11.7 Å². The number of nitrogens with one attached hydrogen (secondary N) is 1. The van der Waals surface area contributed by atoms with Crippen molar-refractivity contribution in [2.45, 2.75) is 32.7 Å². The molecule has 1 aliphatic heterocycles. The molecule has 2 atom stereocenters. The van der Waals surface area contributed by atoms with Crippen LogP contribution in [0.1, 0.15) is 26.7 Å². The number of benzene rings is 1. The van der Waals surface area contributed by atoms with Crippen LogP contribution in [0, 0.1) is 5.92 Å². The van der Waals surface area contributed by atoms with Gasteiger partial charge in [0.1, 0.15) is 5.75 Å². The Morgan fingerprint density at radius 1 is 1.48 bits per heavy atom. The lowest BCUT2D eigenvalue weighted by Gasteiger charge is -2.35. The number of anilines is 2. The van der Waals surface area contributed by atoms with E-state index in [1.165, 1.54) is 0 Å². The van der Waals surface area contributed by atoms with Gasteiger partial charge in [-0.25, -0.2) is 0 Å². The molecule has 0 bridgehead atoms. The zero-order valence-corrected chi connectivity index (χ0v) is 13.1. The third-order valence-electron chi connectivity index (χ3n) is 4.12. The summed E-state index contributed by atoms with van der Waals surface area (Å²) in [5.74, 6) is 1.34. The number of ether oxygens (including phenoxy) is 1. The van der Waals surface area contributed by atoms with Crippen LogP contribution in [0.25, 0.3) is 0 Å². The molecule has 1 aliphatic rings. The fraction of sp³-hybridized carbons (Fsp3) is 0.562. The van der Waals surface area contributed by atoms with Gasteiger partial charge in [-0.2, -0.15) is 0 Å². The molecule has 1 amide bonds. The zero-order chi connectivity index (χ0) is 15.4. The molecular formula is C16H25N3O2. The van der Waals surface area contributed by atoms with Gasteiger partial charge >= 0.3 is 0 Å². The van der Waals surface area contributed by atoms with Crippen LogP contribution in [0.5, 0.6) is 5.75 Å². The number of piperidine rings is 1. The highest BCUT2D eigenvalue weighted by molar-refractivity contribution is 5.94. The highest BCUT2D eigenvalue weighted by atomic mass is 16.5. The predicted molar refractivity (Wildman–Crippen MR) is 85.5 cm³/mol. The minimum Gasteiger partial charge on any atom is -0.495 e. The fourth-order valence-corrected chi connectivity index (χ4v) is 2.89. The molecule has 3 N–H and O–H groups in total. The smallest absolute Gasteiger partial charge is 0.238 e. The van der Waals surface area contributed by atoms with Crippen LogP contribution in [0.15, 0.2) is 18.2 Å². The first-order chi connectivity index (χ1) is 9.99. The Kier molecular flexibility index (Phi) is 5.07. The zero-order valence-electron chi connectivity index (χ0n) is 13.1. The Morgan fingerprint density at radius 3 is 2.90 bits per heavy atom. The molecule has 0 aromatic heterocycles. The quantitative estimate of drug-likeness (QED) is 0.836. The van der Waals surface area contributed by atoms with Crippen molar-refractivity contribution in [1.29, 1.82) is 0 Å². The molecule has 5 nitrogen and oxygen atoms in total. The number of likely N-dealkylation sites (tertiary alicyclic amines) is 1. The molecule has 0 radical (unpaired) electrons. The van der Waals surface area contributed by atoms with E-state index in [1.807, 2.05) is 0 Å². The van der Waals surface area contributed by atoms with E-state index in [9.17, 15) is 4.79 Å². The molecule has 0 saturated carbocycles. The number of nitrogens with two attached hydrogens (primary N) is 1. The maximum absolute atomic E-state index is 12.2. The van der Waals surface area contributed by atoms with E-state index in [2.05, 4.69) is 24.1 Å². The van der Waals surface area contributed by atoms with Gasteiger partial charge in [-0.3, -0.25) is 9.69 Å². The lowest BCUT2D eigenvalue weighted by Crippen LogP contribution is -2.44. The molecule has 2 unspecified atom stereocenters. The van der Waals surface area contributed by atoms with Gasteiger partial charge in [-0.05, 0) is 50.4 Å². The molecule has 21 heavy (non-hydrogen) atoms. The van der Waals surface area contributed by atoms with E-state index in [0.717, 1.165) is 25.3 Å². The highest BCUT2D eigenvalue weighted by Gasteiger charge is 2.24. The fourth-order valence-electron chi connectivity index (χ4n) is 2.89. The number of nitrogens with zero attached hydrogens (tertiary/aromatic N) is 1. The first-order valence-electron chi connectivity index (χ1n) is 7.47. The van der Waals surface area contributed by atoms with Crippen LogP contribution in [0.2, 0.25) is 0 Å². The number of hydrogen-bond acceptors (Lipinski definition) is 4. The summed E-state index contributed by atoms with van der Waals surface area (Å²) in [4.78, 5) is 14.5. The maximum Gasteiger partial charge on any atom is 0.238 e. The van der Waals surface area contributed by atoms with Crippen LogP contribution < -0.4 is 15.8 Å². The van der Waals surface area contributed by atoms with E-state index in [1.54, 1.807) is 25.3 Å². The molecule has 2 rings (SSSR count). The lowest BCUT2D eigenvalue weighted by atomic mass is 9.93. The summed E-state index contributed by atoms with van der Waals surface area (Å²) >= 11 is 0. The van der Waals surface area contributed by atoms with E-state index in [-0.39, 0.29) is 5.91 Å². The second-order valence-corrected chi connectivity index (χ2v) is 5.96. The van der Waals surface area contributed by atoms with Crippen LogP contribution in [-0.4, -0.2) is 37.0 Å². The SMILES string of the molecule is COc1ccc(N)cc1NC(=O)CN1CCC(C)CC1C. The van der Waals surface area contributed by atoms with Gasteiger partial charge in [-0.15, -0.1) is 0 Å². The number of carbonyl (C=O) groups excluding carboxylic acids is 1. The lowest BCUT2D eigenvalue weighted by molar-refractivity contribution is -0.118. The molecule has 1 aromatic carbocycles. The third-order valence-corrected chi connectivity index (χ3v) is 4.12. The Hall–Kier alpha value is -1.75. The molecule has 116 valence electrons. The van der Waals surface area contributed by atoms with Gasteiger partial charge in [0.25, 0.3) is 0 Å². The van der Waals surface area contributed by atoms with Crippen molar-refractivity contribution in [2.75, 3.05) is 31.2 Å². The Balaban J connectivity index is 1.97. The van der Waals surface area contributed by atoms with Crippen molar-refractivity contribution < 1.29 is 9.53 Å². The minimum absolute atomic E-state index is 0.0275. The van der Waals surface area contributed by atoms with Crippen molar-refractivity contribution in [1.82, 2.24) is 4.90 Å².